The highest BCUT2D eigenvalue weighted by molar-refractivity contribution is 7.89. The Morgan fingerprint density at radius 2 is 1.58 bits per heavy atom. The zero-order valence-corrected chi connectivity index (χ0v) is 19.1. The number of hydrogen-bond acceptors (Lipinski definition) is 4. The van der Waals surface area contributed by atoms with Crippen LogP contribution in [0.25, 0.3) is 0 Å². The molecule has 1 saturated heterocycles. The number of aryl methyl sites for hydroxylation is 1. The lowest BCUT2D eigenvalue weighted by atomic mass is 10.0. The van der Waals surface area contributed by atoms with Crippen LogP contribution in [0, 0.1) is 12.7 Å². The minimum Gasteiger partial charge on any atom is -0.324 e. The summed E-state index contributed by atoms with van der Waals surface area (Å²) in [6, 6.07) is 21.5. The minimum absolute atomic E-state index is 0.0623. The van der Waals surface area contributed by atoms with Crippen LogP contribution in [0.15, 0.2) is 83.8 Å². The smallest absolute Gasteiger partial charge is 0.246 e. The van der Waals surface area contributed by atoms with Crippen molar-refractivity contribution >= 4 is 21.6 Å². The van der Waals surface area contributed by atoms with Crippen LogP contribution in [0.5, 0.6) is 0 Å². The molecule has 1 heterocycles. The van der Waals surface area contributed by atoms with Crippen molar-refractivity contribution in [2.45, 2.75) is 17.9 Å². The van der Waals surface area contributed by atoms with Gasteiger partial charge in [-0.25, -0.2) is 12.8 Å². The van der Waals surface area contributed by atoms with Crippen LogP contribution in [0.3, 0.4) is 0 Å². The van der Waals surface area contributed by atoms with E-state index in [1.807, 2.05) is 66.4 Å². The van der Waals surface area contributed by atoms with E-state index in [4.69, 9.17) is 0 Å². The first-order valence-electron chi connectivity index (χ1n) is 10.8. The number of amides is 1. The molecule has 8 heteroatoms. The second-order valence-electron chi connectivity index (χ2n) is 8.07. The molecule has 33 heavy (non-hydrogen) atoms. The highest BCUT2D eigenvalue weighted by Crippen LogP contribution is 2.26. The molecule has 1 aliphatic rings. The Labute approximate surface area is 193 Å². The molecule has 0 bridgehead atoms. The summed E-state index contributed by atoms with van der Waals surface area (Å²) in [6.45, 7) is 3.14. The molecular formula is C25H26FN3O3S. The largest absolute Gasteiger partial charge is 0.324 e. The molecule has 1 N–H and O–H groups in total. The van der Waals surface area contributed by atoms with Crippen LogP contribution in [0.1, 0.15) is 17.2 Å². The third-order valence-corrected chi connectivity index (χ3v) is 7.65. The highest BCUT2D eigenvalue weighted by atomic mass is 32.2. The molecule has 3 aromatic carbocycles. The Balaban J connectivity index is 1.52. The van der Waals surface area contributed by atoms with Crippen molar-refractivity contribution in [1.82, 2.24) is 9.21 Å². The predicted octanol–water partition coefficient (Wildman–Crippen LogP) is 3.82. The summed E-state index contributed by atoms with van der Waals surface area (Å²) in [5, 5.41) is 2.98. The number of nitrogens with zero attached hydrogens (tertiary/aromatic N) is 2. The highest BCUT2D eigenvalue weighted by Gasteiger charge is 2.34. The number of carbonyl (C=O) groups excluding carboxylic acids is 1. The van der Waals surface area contributed by atoms with E-state index in [1.165, 1.54) is 22.5 Å². The van der Waals surface area contributed by atoms with Gasteiger partial charge in [-0.05, 0) is 42.8 Å². The Morgan fingerprint density at radius 3 is 2.21 bits per heavy atom. The number of sulfonamides is 1. The summed E-state index contributed by atoms with van der Waals surface area (Å²) in [4.78, 5) is 15.2. The normalized spacial score (nSPS) is 16.3. The fourth-order valence-electron chi connectivity index (χ4n) is 3.99. The maximum absolute atomic E-state index is 13.6. The lowest BCUT2D eigenvalue weighted by Crippen LogP contribution is -2.51. The van der Waals surface area contributed by atoms with E-state index in [2.05, 4.69) is 5.32 Å². The molecule has 0 unspecified atom stereocenters. The van der Waals surface area contributed by atoms with Gasteiger partial charge in [-0.15, -0.1) is 0 Å². The molecule has 1 aliphatic heterocycles. The van der Waals surface area contributed by atoms with Crippen molar-refractivity contribution in [1.29, 1.82) is 0 Å². The molecule has 0 aliphatic carbocycles. The van der Waals surface area contributed by atoms with Crippen molar-refractivity contribution in [2.75, 3.05) is 31.5 Å². The van der Waals surface area contributed by atoms with E-state index in [0.717, 1.165) is 17.2 Å². The van der Waals surface area contributed by atoms with Gasteiger partial charge in [0.2, 0.25) is 15.9 Å². The quantitative estimate of drug-likeness (QED) is 0.598. The van der Waals surface area contributed by atoms with E-state index in [0.29, 0.717) is 18.8 Å². The summed E-state index contributed by atoms with van der Waals surface area (Å²) >= 11 is 0. The standard InChI is InChI=1S/C25H26FN3O3S/c1-19-10-12-22(13-11-19)27-25(30)24(20-6-3-2-4-7-20)28-14-16-29(17-15-28)33(31,32)23-9-5-8-21(26)18-23/h2-13,18,24H,14-17H2,1H3,(H,27,30)/t24-/m1/s1. The number of piperazine rings is 1. The number of carbonyl (C=O) groups is 1. The van der Waals surface area contributed by atoms with E-state index in [9.17, 15) is 17.6 Å². The third-order valence-electron chi connectivity index (χ3n) is 5.75. The van der Waals surface area contributed by atoms with E-state index >= 15 is 0 Å². The van der Waals surface area contributed by atoms with Crippen LogP contribution in [-0.4, -0.2) is 49.7 Å². The predicted molar refractivity (Wildman–Crippen MR) is 126 cm³/mol. The summed E-state index contributed by atoms with van der Waals surface area (Å²) in [5.41, 5.74) is 2.64. The molecule has 1 fully saturated rings. The topological polar surface area (TPSA) is 69.7 Å². The van der Waals surface area contributed by atoms with Gasteiger partial charge in [0, 0.05) is 31.9 Å². The second-order valence-corrected chi connectivity index (χ2v) is 10.0. The maximum atomic E-state index is 13.6. The second kappa shape index (κ2) is 9.82. The first-order valence-corrected chi connectivity index (χ1v) is 12.2. The van der Waals surface area contributed by atoms with Gasteiger partial charge in [-0.2, -0.15) is 4.31 Å². The molecule has 0 spiro atoms. The average molecular weight is 468 g/mol. The number of hydrogen-bond donors (Lipinski definition) is 1. The van der Waals surface area contributed by atoms with Gasteiger partial charge < -0.3 is 5.32 Å². The lowest BCUT2D eigenvalue weighted by molar-refractivity contribution is -0.122. The molecule has 0 saturated carbocycles. The van der Waals surface area contributed by atoms with Crippen LogP contribution in [0.4, 0.5) is 10.1 Å². The summed E-state index contributed by atoms with van der Waals surface area (Å²) in [5.74, 6) is -0.766. The summed E-state index contributed by atoms with van der Waals surface area (Å²) < 4.78 is 40.8. The van der Waals surface area contributed by atoms with Crippen molar-refractivity contribution in [3.8, 4) is 0 Å². The van der Waals surface area contributed by atoms with E-state index in [-0.39, 0.29) is 23.9 Å². The van der Waals surface area contributed by atoms with Gasteiger partial charge in [0.15, 0.2) is 0 Å². The van der Waals surface area contributed by atoms with Gasteiger partial charge in [-0.3, -0.25) is 9.69 Å². The first-order chi connectivity index (χ1) is 15.8. The SMILES string of the molecule is Cc1ccc(NC(=O)[C@@H](c2ccccc2)N2CCN(S(=O)(=O)c3cccc(F)c3)CC2)cc1. The van der Waals surface area contributed by atoms with Gasteiger partial charge in [-0.1, -0.05) is 54.1 Å². The lowest BCUT2D eigenvalue weighted by Gasteiger charge is -2.38. The van der Waals surface area contributed by atoms with E-state index in [1.54, 1.807) is 0 Å². The van der Waals surface area contributed by atoms with Gasteiger partial charge in [0.25, 0.3) is 0 Å². The Kier molecular flexibility index (Phi) is 6.88. The number of nitrogens with one attached hydrogen (secondary N) is 1. The molecule has 0 radical (unpaired) electrons. The monoisotopic (exact) mass is 467 g/mol. The molecular weight excluding hydrogens is 441 g/mol. The maximum Gasteiger partial charge on any atom is 0.246 e. The third kappa shape index (κ3) is 5.30. The first kappa shape index (κ1) is 23.1. The molecule has 0 aromatic heterocycles. The van der Waals surface area contributed by atoms with Crippen molar-refractivity contribution < 1.29 is 17.6 Å². The van der Waals surface area contributed by atoms with Crippen molar-refractivity contribution in [3.63, 3.8) is 0 Å². The Morgan fingerprint density at radius 1 is 0.909 bits per heavy atom. The van der Waals surface area contributed by atoms with E-state index < -0.39 is 21.9 Å². The number of halogens is 1. The number of anilines is 1. The van der Waals surface area contributed by atoms with Crippen LogP contribution in [-0.2, 0) is 14.8 Å². The number of benzene rings is 3. The molecule has 6 nitrogen and oxygen atoms in total. The van der Waals surface area contributed by atoms with Crippen LogP contribution >= 0.6 is 0 Å². The molecule has 3 aromatic rings. The molecule has 172 valence electrons. The van der Waals surface area contributed by atoms with Crippen LogP contribution in [0.2, 0.25) is 0 Å². The van der Waals surface area contributed by atoms with Gasteiger partial charge >= 0.3 is 0 Å². The number of rotatable bonds is 6. The fraction of sp³-hybridized carbons (Fsp3) is 0.240. The van der Waals surface area contributed by atoms with Gasteiger partial charge in [0.05, 0.1) is 4.90 Å². The molecule has 1 atom stereocenters. The fourth-order valence-corrected chi connectivity index (χ4v) is 5.44. The van der Waals surface area contributed by atoms with Crippen molar-refractivity contribution in [3.05, 3.63) is 95.8 Å². The minimum atomic E-state index is -3.81. The van der Waals surface area contributed by atoms with Crippen molar-refractivity contribution in [2.24, 2.45) is 0 Å². The molecule has 4 rings (SSSR count). The molecule has 1 amide bonds. The Bertz CT molecular complexity index is 1210. The van der Waals surface area contributed by atoms with Crippen LogP contribution < -0.4 is 5.32 Å². The average Bonchev–Trinajstić information content (AvgIpc) is 2.82. The Hall–Kier alpha value is -3.07. The summed E-state index contributed by atoms with van der Waals surface area (Å²) in [7, 11) is -3.81. The zero-order chi connectivity index (χ0) is 23.4. The van der Waals surface area contributed by atoms with Gasteiger partial charge in [0.1, 0.15) is 11.9 Å². The summed E-state index contributed by atoms with van der Waals surface area (Å²) in [6.07, 6.45) is 0. The zero-order valence-electron chi connectivity index (χ0n) is 18.3.